The van der Waals surface area contributed by atoms with Gasteiger partial charge in [0.15, 0.2) is 11.6 Å². The third-order valence-corrected chi connectivity index (χ3v) is 3.93. The van der Waals surface area contributed by atoms with Crippen molar-refractivity contribution in [2.24, 2.45) is 5.92 Å². The molecule has 3 N–H and O–H groups in total. The highest BCUT2D eigenvalue weighted by Gasteiger charge is 2.32. The minimum atomic E-state index is -0.772. The topological polar surface area (TPSA) is 70.1 Å². The number of anilines is 2. The SMILES string of the molecule is CCCNc1ncc(F)c(NCC2(O)CCCC(C)C2)n1. The number of hydrogen-bond donors (Lipinski definition) is 3. The molecule has 2 unspecified atom stereocenters. The summed E-state index contributed by atoms with van der Waals surface area (Å²) >= 11 is 0. The van der Waals surface area contributed by atoms with Crippen LogP contribution in [-0.4, -0.2) is 33.8 Å². The van der Waals surface area contributed by atoms with Gasteiger partial charge in [-0.2, -0.15) is 4.98 Å². The van der Waals surface area contributed by atoms with Crippen LogP contribution in [0.4, 0.5) is 16.2 Å². The Morgan fingerprint density at radius 3 is 3.00 bits per heavy atom. The summed E-state index contributed by atoms with van der Waals surface area (Å²) < 4.78 is 13.8. The zero-order chi connectivity index (χ0) is 15.3. The van der Waals surface area contributed by atoms with Gasteiger partial charge in [-0.15, -0.1) is 0 Å². The molecule has 0 bridgehead atoms. The minimum Gasteiger partial charge on any atom is -0.388 e. The molecule has 0 spiro atoms. The second-order valence-corrected chi connectivity index (χ2v) is 6.10. The molecular weight excluding hydrogens is 271 g/mol. The molecule has 0 amide bonds. The first-order valence-corrected chi connectivity index (χ1v) is 7.75. The van der Waals surface area contributed by atoms with Gasteiger partial charge in [0.25, 0.3) is 0 Å². The highest BCUT2D eigenvalue weighted by molar-refractivity contribution is 5.41. The molecule has 1 aliphatic rings. The fourth-order valence-electron chi connectivity index (χ4n) is 2.85. The summed E-state index contributed by atoms with van der Waals surface area (Å²) in [7, 11) is 0. The number of halogens is 1. The fourth-order valence-corrected chi connectivity index (χ4v) is 2.85. The summed E-state index contributed by atoms with van der Waals surface area (Å²) in [5.41, 5.74) is -0.772. The van der Waals surface area contributed by atoms with Crippen LogP contribution >= 0.6 is 0 Å². The Morgan fingerprint density at radius 2 is 2.29 bits per heavy atom. The summed E-state index contributed by atoms with van der Waals surface area (Å²) in [4.78, 5) is 8.03. The molecule has 21 heavy (non-hydrogen) atoms. The van der Waals surface area contributed by atoms with E-state index < -0.39 is 11.4 Å². The lowest BCUT2D eigenvalue weighted by Gasteiger charge is -2.35. The third-order valence-electron chi connectivity index (χ3n) is 3.93. The molecular formula is C15H25FN4O. The van der Waals surface area contributed by atoms with Crippen molar-refractivity contribution < 1.29 is 9.50 Å². The molecule has 1 aromatic rings. The molecule has 1 saturated carbocycles. The summed E-state index contributed by atoms with van der Waals surface area (Å²) in [6.45, 7) is 5.24. The lowest BCUT2D eigenvalue weighted by molar-refractivity contribution is -0.000873. The lowest BCUT2D eigenvalue weighted by atomic mass is 9.79. The molecule has 1 aromatic heterocycles. The van der Waals surface area contributed by atoms with E-state index in [-0.39, 0.29) is 5.82 Å². The van der Waals surface area contributed by atoms with Crippen LogP contribution in [0.1, 0.15) is 46.0 Å². The Bertz CT molecular complexity index is 471. The van der Waals surface area contributed by atoms with Gasteiger partial charge in [0, 0.05) is 13.1 Å². The van der Waals surface area contributed by atoms with Crippen molar-refractivity contribution in [2.75, 3.05) is 23.7 Å². The summed E-state index contributed by atoms with van der Waals surface area (Å²) in [5, 5.41) is 16.5. The zero-order valence-electron chi connectivity index (χ0n) is 12.8. The summed E-state index contributed by atoms with van der Waals surface area (Å²) in [5.74, 6) is 0.562. The monoisotopic (exact) mass is 296 g/mol. The van der Waals surface area contributed by atoms with Gasteiger partial charge in [0.05, 0.1) is 11.8 Å². The van der Waals surface area contributed by atoms with E-state index >= 15 is 0 Å². The quantitative estimate of drug-likeness (QED) is 0.753. The van der Waals surface area contributed by atoms with Crippen LogP contribution in [-0.2, 0) is 0 Å². The maximum atomic E-state index is 13.8. The Hall–Kier alpha value is -1.43. The first-order chi connectivity index (χ1) is 10.0. The smallest absolute Gasteiger partial charge is 0.224 e. The number of aromatic nitrogens is 2. The van der Waals surface area contributed by atoms with Gasteiger partial charge in [-0.3, -0.25) is 0 Å². The van der Waals surface area contributed by atoms with Crippen LogP contribution in [0.3, 0.4) is 0 Å². The first-order valence-electron chi connectivity index (χ1n) is 7.75. The Kier molecular flexibility index (Phi) is 5.33. The van der Waals surface area contributed by atoms with Crippen molar-refractivity contribution in [1.29, 1.82) is 0 Å². The molecule has 1 aliphatic carbocycles. The molecule has 118 valence electrons. The normalized spacial score (nSPS) is 25.6. The van der Waals surface area contributed by atoms with E-state index in [0.717, 1.165) is 44.8 Å². The van der Waals surface area contributed by atoms with E-state index in [2.05, 4.69) is 27.5 Å². The van der Waals surface area contributed by atoms with E-state index in [4.69, 9.17) is 0 Å². The summed E-state index contributed by atoms with van der Waals surface area (Å²) in [6.07, 6.45) is 5.75. The molecule has 5 nitrogen and oxygen atoms in total. The molecule has 1 heterocycles. The maximum Gasteiger partial charge on any atom is 0.224 e. The van der Waals surface area contributed by atoms with Crippen molar-refractivity contribution in [3.8, 4) is 0 Å². The molecule has 0 aliphatic heterocycles. The van der Waals surface area contributed by atoms with Crippen molar-refractivity contribution in [1.82, 2.24) is 9.97 Å². The average molecular weight is 296 g/mol. The second kappa shape index (κ2) is 7.02. The van der Waals surface area contributed by atoms with Crippen LogP contribution in [0.5, 0.6) is 0 Å². The highest BCUT2D eigenvalue weighted by Crippen LogP contribution is 2.32. The number of rotatable bonds is 6. The first kappa shape index (κ1) is 15.9. The molecule has 0 aromatic carbocycles. The molecule has 0 saturated heterocycles. The standard InChI is InChI=1S/C15H25FN4O/c1-3-7-17-14-18-9-12(16)13(20-14)19-10-15(21)6-4-5-11(2)8-15/h9,11,21H,3-8,10H2,1-2H3,(H2,17,18,19,20). The Morgan fingerprint density at radius 1 is 1.48 bits per heavy atom. The van der Waals surface area contributed by atoms with Gasteiger partial charge >= 0.3 is 0 Å². The molecule has 0 radical (unpaired) electrons. The van der Waals surface area contributed by atoms with E-state index in [0.29, 0.717) is 18.4 Å². The number of hydrogen-bond acceptors (Lipinski definition) is 5. The average Bonchev–Trinajstić information content (AvgIpc) is 2.45. The van der Waals surface area contributed by atoms with E-state index in [1.54, 1.807) is 0 Å². The predicted molar refractivity (Wildman–Crippen MR) is 81.8 cm³/mol. The van der Waals surface area contributed by atoms with Crippen molar-refractivity contribution in [2.45, 2.75) is 51.6 Å². The van der Waals surface area contributed by atoms with Crippen LogP contribution < -0.4 is 10.6 Å². The van der Waals surface area contributed by atoms with Crippen LogP contribution in [0.25, 0.3) is 0 Å². The molecule has 2 rings (SSSR count). The van der Waals surface area contributed by atoms with Crippen molar-refractivity contribution in [3.05, 3.63) is 12.0 Å². The molecule has 1 fully saturated rings. The van der Waals surface area contributed by atoms with Gasteiger partial charge < -0.3 is 15.7 Å². The number of nitrogens with zero attached hydrogens (tertiary/aromatic N) is 2. The highest BCUT2D eigenvalue weighted by atomic mass is 19.1. The Labute approximate surface area is 125 Å². The largest absolute Gasteiger partial charge is 0.388 e. The van der Waals surface area contributed by atoms with Gasteiger partial charge in [-0.1, -0.05) is 26.7 Å². The van der Waals surface area contributed by atoms with Gasteiger partial charge in [-0.25, -0.2) is 9.37 Å². The van der Waals surface area contributed by atoms with Gasteiger partial charge in [-0.05, 0) is 25.2 Å². The predicted octanol–water partition coefficient (Wildman–Crippen LogP) is 2.79. The number of nitrogens with one attached hydrogen (secondary N) is 2. The van der Waals surface area contributed by atoms with Crippen LogP contribution in [0.15, 0.2) is 6.20 Å². The van der Waals surface area contributed by atoms with E-state index in [1.807, 2.05) is 6.92 Å². The lowest BCUT2D eigenvalue weighted by Crippen LogP contribution is -2.41. The van der Waals surface area contributed by atoms with Crippen LogP contribution in [0.2, 0.25) is 0 Å². The zero-order valence-corrected chi connectivity index (χ0v) is 12.8. The van der Waals surface area contributed by atoms with Crippen molar-refractivity contribution >= 4 is 11.8 Å². The minimum absolute atomic E-state index is 0.148. The third kappa shape index (κ3) is 4.52. The van der Waals surface area contributed by atoms with E-state index in [1.165, 1.54) is 0 Å². The molecule has 2 atom stereocenters. The summed E-state index contributed by atoms with van der Waals surface area (Å²) in [6, 6.07) is 0. The molecule has 6 heteroatoms. The second-order valence-electron chi connectivity index (χ2n) is 6.10. The van der Waals surface area contributed by atoms with E-state index in [9.17, 15) is 9.50 Å². The number of aliphatic hydroxyl groups is 1. The van der Waals surface area contributed by atoms with Gasteiger partial charge in [0.1, 0.15) is 0 Å². The fraction of sp³-hybridized carbons (Fsp3) is 0.733. The van der Waals surface area contributed by atoms with Crippen LogP contribution in [0, 0.1) is 11.7 Å². The maximum absolute atomic E-state index is 13.8. The van der Waals surface area contributed by atoms with Crippen molar-refractivity contribution in [3.63, 3.8) is 0 Å². The van der Waals surface area contributed by atoms with Gasteiger partial charge in [0.2, 0.25) is 5.95 Å². The Balaban J connectivity index is 1.98.